The van der Waals surface area contributed by atoms with Gasteiger partial charge in [-0.2, -0.15) is 0 Å². The maximum Gasteiger partial charge on any atom is 0.303 e. The van der Waals surface area contributed by atoms with Gasteiger partial charge >= 0.3 is 5.97 Å². The number of carboxylic acids is 1. The molecule has 0 atom stereocenters. The third-order valence-corrected chi connectivity index (χ3v) is 3.92. The van der Waals surface area contributed by atoms with Crippen LogP contribution in [0, 0.1) is 5.92 Å². The van der Waals surface area contributed by atoms with E-state index < -0.39 is 5.97 Å². The Morgan fingerprint density at radius 3 is 1.38 bits per heavy atom. The van der Waals surface area contributed by atoms with Crippen LogP contribution in [-0.2, 0) is 4.79 Å². The Morgan fingerprint density at radius 2 is 1.05 bits per heavy atom. The van der Waals surface area contributed by atoms with E-state index in [1.165, 1.54) is 70.6 Å². The Labute approximate surface area is 131 Å². The number of hydrogen-bond acceptors (Lipinski definition) is 1. The number of carboxylic acid groups (broad SMARTS) is 1. The SMILES string of the molecule is CC(C)CCCCCCCCCCCCCCC(=O)O.O. The Morgan fingerprint density at radius 1 is 0.714 bits per heavy atom. The molecule has 0 saturated carbocycles. The minimum atomic E-state index is -0.654. The Hall–Kier alpha value is -0.570. The van der Waals surface area contributed by atoms with Crippen molar-refractivity contribution in [3.05, 3.63) is 0 Å². The maximum absolute atomic E-state index is 10.3. The fourth-order valence-corrected chi connectivity index (χ4v) is 2.60. The molecule has 3 N–H and O–H groups in total. The fourth-order valence-electron chi connectivity index (χ4n) is 2.60. The predicted molar refractivity (Wildman–Crippen MR) is 90.7 cm³/mol. The zero-order valence-electron chi connectivity index (χ0n) is 14.3. The summed E-state index contributed by atoms with van der Waals surface area (Å²) in [4.78, 5) is 10.3. The van der Waals surface area contributed by atoms with Gasteiger partial charge in [0, 0.05) is 6.42 Å². The van der Waals surface area contributed by atoms with Gasteiger partial charge in [-0.15, -0.1) is 0 Å². The summed E-state index contributed by atoms with van der Waals surface area (Å²) in [6, 6.07) is 0. The summed E-state index contributed by atoms with van der Waals surface area (Å²) in [5.41, 5.74) is 0. The van der Waals surface area contributed by atoms with Crippen LogP contribution >= 0.6 is 0 Å². The molecule has 0 radical (unpaired) electrons. The molecule has 0 aromatic carbocycles. The second-order valence-electron chi connectivity index (χ2n) is 6.57. The standard InChI is InChI=1S/C18H36O2.H2O/c1-17(2)15-13-11-9-7-5-3-4-6-8-10-12-14-16-18(19)20;/h17H,3-16H2,1-2H3,(H,19,20);1H2. The molecule has 3 heteroatoms. The first-order valence-corrected chi connectivity index (χ1v) is 8.84. The smallest absolute Gasteiger partial charge is 0.303 e. The lowest BCUT2D eigenvalue weighted by molar-refractivity contribution is -0.137. The average molecular weight is 302 g/mol. The van der Waals surface area contributed by atoms with Gasteiger partial charge in [-0.05, 0) is 12.3 Å². The highest BCUT2D eigenvalue weighted by molar-refractivity contribution is 5.66. The zero-order valence-corrected chi connectivity index (χ0v) is 14.3. The molecular weight excluding hydrogens is 264 g/mol. The molecule has 0 unspecified atom stereocenters. The fraction of sp³-hybridized carbons (Fsp3) is 0.944. The summed E-state index contributed by atoms with van der Waals surface area (Å²) >= 11 is 0. The molecular formula is C18H38O3. The number of carbonyl (C=O) groups is 1. The number of hydrogen-bond donors (Lipinski definition) is 1. The average Bonchev–Trinajstić information content (AvgIpc) is 2.38. The van der Waals surface area contributed by atoms with Gasteiger partial charge in [0.2, 0.25) is 0 Å². The van der Waals surface area contributed by atoms with Crippen molar-refractivity contribution in [2.24, 2.45) is 5.92 Å². The van der Waals surface area contributed by atoms with Gasteiger partial charge in [0.15, 0.2) is 0 Å². The second kappa shape index (κ2) is 17.5. The van der Waals surface area contributed by atoms with Crippen molar-refractivity contribution in [3.63, 3.8) is 0 Å². The van der Waals surface area contributed by atoms with Crippen LogP contribution in [0.1, 0.15) is 104 Å². The number of rotatable bonds is 15. The lowest BCUT2D eigenvalue weighted by atomic mass is 10.0. The molecule has 0 amide bonds. The third-order valence-electron chi connectivity index (χ3n) is 3.92. The summed E-state index contributed by atoms with van der Waals surface area (Å²) in [5, 5.41) is 8.52. The molecule has 0 aliphatic rings. The monoisotopic (exact) mass is 302 g/mol. The summed E-state index contributed by atoms with van der Waals surface area (Å²) in [7, 11) is 0. The summed E-state index contributed by atoms with van der Waals surface area (Å²) in [5.74, 6) is 0.212. The second-order valence-corrected chi connectivity index (χ2v) is 6.57. The molecule has 0 aliphatic heterocycles. The first-order valence-electron chi connectivity index (χ1n) is 8.84. The van der Waals surface area contributed by atoms with Crippen LogP contribution in [-0.4, -0.2) is 16.6 Å². The largest absolute Gasteiger partial charge is 0.481 e. The molecule has 0 saturated heterocycles. The molecule has 0 bridgehead atoms. The van der Waals surface area contributed by atoms with E-state index in [-0.39, 0.29) is 5.48 Å². The summed E-state index contributed by atoms with van der Waals surface area (Å²) < 4.78 is 0. The van der Waals surface area contributed by atoms with Crippen LogP contribution in [0.2, 0.25) is 0 Å². The minimum Gasteiger partial charge on any atom is -0.481 e. The summed E-state index contributed by atoms with van der Waals surface area (Å²) in [6.07, 6.45) is 17.3. The van der Waals surface area contributed by atoms with Crippen LogP contribution in [0.4, 0.5) is 0 Å². The van der Waals surface area contributed by atoms with Crippen molar-refractivity contribution in [3.8, 4) is 0 Å². The Bertz CT molecular complexity index is 215. The highest BCUT2D eigenvalue weighted by Gasteiger charge is 1.97. The van der Waals surface area contributed by atoms with Gasteiger partial charge in [0.05, 0.1) is 0 Å². The van der Waals surface area contributed by atoms with E-state index in [2.05, 4.69) is 13.8 Å². The highest BCUT2D eigenvalue weighted by atomic mass is 16.4. The molecule has 0 aromatic heterocycles. The minimum absolute atomic E-state index is 0. The third kappa shape index (κ3) is 21.9. The molecule has 0 aliphatic carbocycles. The van der Waals surface area contributed by atoms with E-state index in [4.69, 9.17) is 5.11 Å². The van der Waals surface area contributed by atoms with Crippen molar-refractivity contribution >= 4 is 5.97 Å². The van der Waals surface area contributed by atoms with E-state index in [0.29, 0.717) is 6.42 Å². The van der Waals surface area contributed by atoms with Gasteiger partial charge in [-0.1, -0.05) is 90.9 Å². The van der Waals surface area contributed by atoms with Crippen molar-refractivity contribution in [1.82, 2.24) is 0 Å². The van der Waals surface area contributed by atoms with E-state index in [9.17, 15) is 4.79 Å². The van der Waals surface area contributed by atoms with Crippen LogP contribution in [0.5, 0.6) is 0 Å². The van der Waals surface area contributed by atoms with Gasteiger partial charge in [-0.3, -0.25) is 4.79 Å². The summed E-state index contributed by atoms with van der Waals surface area (Å²) in [6.45, 7) is 4.61. The maximum atomic E-state index is 10.3. The first kappa shape index (κ1) is 22.7. The van der Waals surface area contributed by atoms with Gasteiger partial charge < -0.3 is 10.6 Å². The van der Waals surface area contributed by atoms with E-state index in [1.54, 1.807) is 0 Å². The zero-order chi connectivity index (χ0) is 15.1. The Balaban J connectivity index is 0. The van der Waals surface area contributed by atoms with Crippen LogP contribution in [0.15, 0.2) is 0 Å². The van der Waals surface area contributed by atoms with Crippen LogP contribution < -0.4 is 0 Å². The van der Waals surface area contributed by atoms with Crippen LogP contribution in [0.25, 0.3) is 0 Å². The van der Waals surface area contributed by atoms with E-state index in [1.807, 2.05) is 0 Å². The van der Waals surface area contributed by atoms with Crippen LogP contribution in [0.3, 0.4) is 0 Å². The Kier molecular flexibility index (Phi) is 18.9. The highest BCUT2D eigenvalue weighted by Crippen LogP contribution is 2.14. The lowest BCUT2D eigenvalue weighted by Gasteiger charge is -2.04. The molecule has 3 nitrogen and oxygen atoms in total. The number of unbranched alkanes of at least 4 members (excludes halogenated alkanes) is 11. The van der Waals surface area contributed by atoms with Crippen molar-refractivity contribution in [2.45, 2.75) is 104 Å². The number of aliphatic carboxylic acids is 1. The van der Waals surface area contributed by atoms with Gasteiger partial charge in [0.25, 0.3) is 0 Å². The molecule has 0 rings (SSSR count). The van der Waals surface area contributed by atoms with Crippen molar-refractivity contribution in [2.75, 3.05) is 0 Å². The van der Waals surface area contributed by atoms with E-state index in [0.717, 1.165) is 18.8 Å². The molecule has 0 aromatic rings. The first-order chi connectivity index (χ1) is 9.63. The topological polar surface area (TPSA) is 68.8 Å². The molecule has 128 valence electrons. The normalized spacial score (nSPS) is 10.6. The molecule has 21 heavy (non-hydrogen) atoms. The molecule has 0 spiro atoms. The molecule has 0 fully saturated rings. The quantitative estimate of drug-likeness (QED) is 0.413. The molecule has 0 heterocycles. The van der Waals surface area contributed by atoms with Crippen molar-refractivity contribution < 1.29 is 15.4 Å². The predicted octanol–water partition coefficient (Wildman–Crippen LogP) is 5.36. The van der Waals surface area contributed by atoms with E-state index >= 15 is 0 Å². The van der Waals surface area contributed by atoms with Crippen molar-refractivity contribution in [1.29, 1.82) is 0 Å². The van der Waals surface area contributed by atoms with Gasteiger partial charge in [-0.25, -0.2) is 0 Å². The lowest BCUT2D eigenvalue weighted by Crippen LogP contribution is -1.93. The van der Waals surface area contributed by atoms with Gasteiger partial charge in [0.1, 0.15) is 0 Å².